The Balaban J connectivity index is 2.70. The summed E-state index contributed by atoms with van der Waals surface area (Å²) in [7, 11) is 0. The Hall–Kier alpha value is -0.940. The molecule has 1 saturated heterocycles. The summed E-state index contributed by atoms with van der Waals surface area (Å²) in [6, 6.07) is 0. The monoisotopic (exact) mass is 230 g/mol. The molecule has 0 spiro atoms. The van der Waals surface area contributed by atoms with E-state index in [0.29, 0.717) is 6.61 Å². The highest BCUT2D eigenvalue weighted by atomic mass is 16.8. The highest BCUT2D eigenvalue weighted by Gasteiger charge is 2.41. The van der Waals surface area contributed by atoms with Crippen LogP contribution < -0.4 is 0 Å². The van der Waals surface area contributed by atoms with Crippen LogP contribution in [0.5, 0.6) is 0 Å². The fraction of sp³-hybridized carbons (Fsp3) is 0.818. The van der Waals surface area contributed by atoms with E-state index in [-0.39, 0.29) is 6.10 Å². The van der Waals surface area contributed by atoms with Gasteiger partial charge in [0.15, 0.2) is 5.79 Å². The quantitative estimate of drug-likeness (QED) is 0.530. The van der Waals surface area contributed by atoms with Crippen molar-refractivity contribution < 1.29 is 23.8 Å². The van der Waals surface area contributed by atoms with Gasteiger partial charge in [0, 0.05) is 6.92 Å². The van der Waals surface area contributed by atoms with Gasteiger partial charge in [0.1, 0.15) is 18.5 Å². The van der Waals surface area contributed by atoms with Gasteiger partial charge in [-0.1, -0.05) is 6.92 Å². The molecule has 16 heavy (non-hydrogen) atoms. The van der Waals surface area contributed by atoms with Gasteiger partial charge in [-0.15, -0.1) is 0 Å². The summed E-state index contributed by atoms with van der Waals surface area (Å²) in [5.41, 5.74) is 0. The van der Waals surface area contributed by atoms with Crippen LogP contribution >= 0.6 is 0 Å². The molecule has 1 aliphatic heterocycles. The second-order valence-electron chi connectivity index (χ2n) is 4.44. The summed E-state index contributed by atoms with van der Waals surface area (Å²) in [6.07, 6.45) is -0.224. The third kappa shape index (κ3) is 3.28. The SMILES string of the molecule is CC(=O)O[C@H]([C@H](C)C=O)[C@H]1COC(C)(C)O1. The van der Waals surface area contributed by atoms with E-state index in [9.17, 15) is 9.59 Å². The number of esters is 1. The van der Waals surface area contributed by atoms with Gasteiger partial charge in [-0.25, -0.2) is 0 Å². The van der Waals surface area contributed by atoms with Crippen molar-refractivity contribution in [2.75, 3.05) is 6.61 Å². The summed E-state index contributed by atoms with van der Waals surface area (Å²) in [6.45, 7) is 6.89. The van der Waals surface area contributed by atoms with Crippen LogP contribution in [-0.2, 0) is 23.8 Å². The Bertz CT molecular complexity index is 274. The van der Waals surface area contributed by atoms with Crippen LogP contribution in [0.1, 0.15) is 27.7 Å². The predicted octanol–water partition coefficient (Wildman–Crippen LogP) is 0.905. The van der Waals surface area contributed by atoms with Gasteiger partial charge in [-0.2, -0.15) is 0 Å². The van der Waals surface area contributed by atoms with Crippen LogP contribution in [0.3, 0.4) is 0 Å². The third-order valence-electron chi connectivity index (χ3n) is 2.43. The lowest BCUT2D eigenvalue weighted by atomic mass is 10.0. The Labute approximate surface area is 95.0 Å². The van der Waals surface area contributed by atoms with Crippen LogP contribution in [-0.4, -0.2) is 36.9 Å². The Kier molecular flexibility index (Phi) is 4.04. The summed E-state index contributed by atoms with van der Waals surface area (Å²) < 4.78 is 16.1. The number of hydrogen-bond acceptors (Lipinski definition) is 5. The van der Waals surface area contributed by atoms with Crippen molar-refractivity contribution in [3.8, 4) is 0 Å². The van der Waals surface area contributed by atoms with Crippen molar-refractivity contribution >= 4 is 12.3 Å². The van der Waals surface area contributed by atoms with Crippen LogP contribution in [0, 0.1) is 5.92 Å². The predicted molar refractivity (Wildman–Crippen MR) is 55.7 cm³/mol. The maximum atomic E-state index is 11.0. The largest absolute Gasteiger partial charge is 0.459 e. The molecule has 1 heterocycles. The molecular formula is C11H18O5. The number of rotatable bonds is 4. The molecule has 0 unspecified atom stereocenters. The summed E-state index contributed by atoms with van der Waals surface area (Å²) in [5.74, 6) is -1.52. The molecule has 0 aromatic carbocycles. The van der Waals surface area contributed by atoms with Gasteiger partial charge in [-0.05, 0) is 13.8 Å². The highest BCUT2D eigenvalue weighted by molar-refractivity contribution is 5.67. The average Bonchev–Trinajstić information content (AvgIpc) is 2.53. The lowest BCUT2D eigenvalue weighted by Gasteiger charge is -2.25. The molecule has 0 saturated carbocycles. The molecule has 0 amide bonds. The van der Waals surface area contributed by atoms with E-state index in [4.69, 9.17) is 14.2 Å². The minimum absolute atomic E-state index is 0.323. The van der Waals surface area contributed by atoms with Gasteiger partial charge in [0.25, 0.3) is 0 Å². The van der Waals surface area contributed by atoms with Gasteiger partial charge >= 0.3 is 5.97 Å². The average molecular weight is 230 g/mol. The van der Waals surface area contributed by atoms with E-state index in [2.05, 4.69) is 0 Å². The van der Waals surface area contributed by atoms with E-state index >= 15 is 0 Å². The van der Waals surface area contributed by atoms with E-state index < -0.39 is 23.8 Å². The van der Waals surface area contributed by atoms with Crippen molar-refractivity contribution in [3.05, 3.63) is 0 Å². The van der Waals surface area contributed by atoms with E-state index in [1.807, 2.05) is 0 Å². The zero-order valence-electron chi connectivity index (χ0n) is 10.1. The van der Waals surface area contributed by atoms with Gasteiger partial charge in [-0.3, -0.25) is 4.79 Å². The fourth-order valence-electron chi connectivity index (χ4n) is 1.67. The fourth-order valence-corrected chi connectivity index (χ4v) is 1.67. The Morgan fingerprint density at radius 2 is 2.19 bits per heavy atom. The van der Waals surface area contributed by atoms with E-state index in [1.165, 1.54) is 6.92 Å². The molecule has 1 aliphatic rings. The zero-order valence-corrected chi connectivity index (χ0v) is 10.1. The van der Waals surface area contributed by atoms with Crippen molar-refractivity contribution in [3.63, 3.8) is 0 Å². The summed E-state index contributed by atoms with van der Waals surface area (Å²) in [4.78, 5) is 21.7. The van der Waals surface area contributed by atoms with Gasteiger partial charge < -0.3 is 19.0 Å². The second-order valence-corrected chi connectivity index (χ2v) is 4.44. The first-order chi connectivity index (χ1) is 7.35. The molecule has 0 aromatic rings. The smallest absolute Gasteiger partial charge is 0.303 e. The molecule has 0 radical (unpaired) electrons. The molecule has 0 aromatic heterocycles. The maximum Gasteiger partial charge on any atom is 0.303 e. The van der Waals surface area contributed by atoms with E-state index in [0.717, 1.165) is 6.29 Å². The van der Waals surface area contributed by atoms with Crippen LogP contribution in [0.25, 0.3) is 0 Å². The Morgan fingerprint density at radius 1 is 1.56 bits per heavy atom. The zero-order chi connectivity index (χ0) is 12.3. The molecule has 0 N–H and O–H groups in total. The number of carbonyl (C=O) groups excluding carboxylic acids is 2. The molecule has 0 bridgehead atoms. The third-order valence-corrected chi connectivity index (χ3v) is 2.43. The highest BCUT2D eigenvalue weighted by Crippen LogP contribution is 2.27. The van der Waals surface area contributed by atoms with Crippen LogP contribution in [0.15, 0.2) is 0 Å². The lowest BCUT2D eigenvalue weighted by molar-refractivity contribution is -0.174. The van der Waals surface area contributed by atoms with Gasteiger partial charge in [0.2, 0.25) is 0 Å². The number of aldehydes is 1. The normalized spacial score (nSPS) is 27.1. The Morgan fingerprint density at radius 3 is 2.56 bits per heavy atom. The molecule has 92 valence electrons. The first-order valence-corrected chi connectivity index (χ1v) is 5.30. The molecule has 1 fully saturated rings. The minimum atomic E-state index is -0.689. The lowest BCUT2D eigenvalue weighted by Crippen LogP contribution is -2.39. The van der Waals surface area contributed by atoms with Crippen molar-refractivity contribution in [1.82, 2.24) is 0 Å². The molecule has 0 aliphatic carbocycles. The first kappa shape index (κ1) is 13.1. The minimum Gasteiger partial charge on any atom is -0.459 e. The van der Waals surface area contributed by atoms with Crippen molar-refractivity contribution in [2.45, 2.75) is 45.7 Å². The maximum absolute atomic E-state index is 11.0. The summed E-state index contributed by atoms with van der Waals surface area (Å²) in [5, 5.41) is 0. The number of hydrogen-bond donors (Lipinski definition) is 0. The van der Waals surface area contributed by atoms with E-state index in [1.54, 1.807) is 20.8 Å². The van der Waals surface area contributed by atoms with Crippen LogP contribution in [0.2, 0.25) is 0 Å². The molecule has 3 atom stereocenters. The number of carbonyl (C=O) groups is 2. The van der Waals surface area contributed by atoms with Crippen LogP contribution in [0.4, 0.5) is 0 Å². The molecule has 5 heteroatoms. The van der Waals surface area contributed by atoms with Crippen molar-refractivity contribution in [2.24, 2.45) is 5.92 Å². The first-order valence-electron chi connectivity index (χ1n) is 5.30. The molecule has 5 nitrogen and oxygen atoms in total. The summed E-state index contributed by atoms with van der Waals surface area (Å²) >= 11 is 0. The van der Waals surface area contributed by atoms with Gasteiger partial charge in [0.05, 0.1) is 12.5 Å². The second kappa shape index (κ2) is 4.93. The molecule has 1 rings (SSSR count). The number of ether oxygens (including phenoxy) is 3. The van der Waals surface area contributed by atoms with Crippen molar-refractivity contribution in [1.29, 1.82) is 0 Å². The standard InChI is InChI=1S/C11H18O5/c1-7(5-12)10(15-8(2)13)9-6-14-11(3,4)16-9/h5,7,9-10H,6H2,1-4H3/t7-,9-,10-/m1/s1. The topological polar surface area (TPSA) is 61.8 Å². The molecular weight excluding hydrogens is 212 g/mol.